The molecule has 0 amide bonds. The number of benzene rings is 3. The molecular weight excluding hydrogens is 520 g/mol. The summed E-state index contributed by atoms with van der Waals surface area (Å²) < 4.78 is 7.35. The fraction of sp³-hybridized carbons (Fsp3) is 0.241. The van der Waals surface area contributed by atoms with Crippen LogP contribution >= 0.6 is 27.3 Å². The first-order valence-electron chi connectivity index (χ1n) is 12.1. The molecule has 2 aromatic heterocycles. The monoisotopic (exact) mass is 544 g/mol. The summed E-state index contributed by atoms with van der Waals surface area (Å²) in [5, 5.41) is 2.88. The molecule has 4 nitrogen and oxygen atoms in total. The lowest BCUT2D eigenvalue weighted by atomic mass is 9.98. The molecule has 1 aliphatic rings. The van der Waals surface area contributed by atoms with E-state index in [-0.39, 0.29) is 5.56 Å². The minimum absolute atomic E-state index is 0.0464. The van der Waals surface area contributed by atoms with Gasteiger partial charge >= 0.3 is 0 Å². The molecule has 0 fully saturated rings. The predicted molar refractivity (Wildman–Crippen MR) is 148 cm³/mol. The summed E-state index contributed by atoms with van der Waals surface area (Å²) in [6.45, 7) is 0.429. The second-order valence-electron chi connectivity index (χ2n) is 9.09. The van der Waals surface area contributed by atoms with Gasteiger partial charge in [0.2, 0.25) is 0 Å². The van der Waals surface area contributed by atoms with E-state index in [1.165, 1.54) is 29.7 Å². The molecule has 1 aliphatic carbocycles. The van der Waals surface area contributed by atoms with Crippen LogP contribution < -0.4 is 10.3 Å². The summed E-state index contributed by atoms with van der Waals surface area (Å²) in [7, 11) is 0. The van der Waals surface area contributed by atoms with Crippen molar-refractivity contribution in [1.82, 2.24) is 9.97 Å². The van der Waals surface area contributed by atoms with E-state index in [0.717, 1.165) is 55.9 Å². The van der Waals surface area contributed by atoms with Gasteiger partial charge in [0.15, 0.2) is 0 Å². The number of hydrogen-bond acceptors (Lipinski definition) is 4. The van der Waals surface area contributed by atoms with Crippen LogP contribution in [0.1, 0.15) is 41.7 Å². The number of nitrogens with one attached hydrogen (secondary N) is 1. The van der Waals surface area contributed by atoms with Crippen LogP contribution in [0.3, 0.4) is 0 Å². The van der Waals surface area contributed by atoms with Gasteiger partial charge in [-0.2, -0.15) is 0 Å². The van der Waals surface area contributed by atoms with Gasteiger partial charge in [-0.15, -0.1) is 11.3 Å². The summed E-state index contributed by atoms with van der Waals surface area (Å²) in [5.41, 5.74) is 3.08. The van der Waals surface area contributed by atoms with Gasteiger partial charge in [0.25, 0.3) is 5.56 Å². The molecule has 0 saturated heterocycles. The Balaban J connectivity index is 1.48. The maximum absolute atomic E-state index is 13.4. The molecule has 0 spiro atoms. The van der Waals surface area contributed by atoms with Crippen molar-refractivity contribution in [1.29, 1.82) is 0 Å². The number of nitrogens with zero attached hydrogens (tertiary/aromatic N) is 1. The summed E-state index contributed by atoms with van der Waals surface area (Å²) in [5.74, 6) is 1.28. The normalized spacial score (nSPS) is 14.0. The van der Waals surface area contributed by atoms with Gasteiger partial charge in [-0.25, -0.2) is 4.98 Å². The van der Waals surface area contributed by atoms with Crippen LogP contribution in [0.5, 0.6) is 5.75 Å². The molecule has 5 aromatic rings. The average Bonchev–Trinajstić information content (AvgIpc) is 3.20. The molecular formula is C29H25BrN2O2S. The van der Waals surface area contributed by atoms with Crippen LogP contribution in [-0.2, 0) is 19.4 Å². The second-order valence-corrected chi connectivity index (χ2v) is 11.1. The molecule has 0 aliphatic heterocycles. The number of thiophene rings is 1. The van der Waals surface area contributed by atoms with Gasteiger partial charge in [0.05, 0.1) is 10.9 Å². The van der Waals surface area contributed by atoms with Crippen LogP contribution in [0.15, 0.2) is 69.9 Å². The predicted octanol–water partition coefficient (Wildman–Crippen LogP) is 7.81. The van der Waals surface area contributed by atoms with E-state index in [1.54, 1.807) is 11.3 Å². The number of hydrogen-bond donors (Lipinski definition) is 1. The van der Waals surface area contributed by atoms with E-state index in [0.29, 0.717) is 18.2 Å². The molecule has 176 valence electrons. The quantitative estimate of drug-likeness (QED) is 0.251. The molecule has 2 heterocycles. The number of halogens is 1. The summed E-state index contributed by atoms with van der Waals surface area (Å²) in [4.78, 5) is 23.8. The van der Waals surface area contributed by atoms with Gasteiger partial charge in [0.1, 0.15) is 23.0 Å². The van der Waals surface area contributed by atoms with Gasteiger partial charge < -0.3 is 9.72 Å². The zero-order chi connectivity index (χ0) is 23.8. The highest BCUT2D eigenvalue weighted by molar-refractivity contribution is 9.10. The number of aryl methyl sites for hydroxylation is 2. The molecule has 1 N–H and O–H groups in total. The Morgan fingerprint density at radius 2 is 1.74 bits per heavy atom. The van der Waals surface area contributed by atoms with E-state index in [9.17, 15) is 4.79 Å². The molecule has 6 rings (SSSR count). The van der Waals surface area contributed by atoms with Crippen molar-refractivity contribution < 1.29 is 4.74 Å². The molecule has 6 heteroatoms. The van der Waals surface area contributed by atoms with Crippen molar-refractivity contribution in [3.05, 3.63) is 91.5 Å². The third kappa shape index (κ3) is 4.41. The second kappa shape index (κ2) is 9.59. The molecule has 0 bridgehead atoms. The number of aromatic amines is 1. The SMILES string of the molecule is O=c1[nH]c(-c2c(OCc3ccc(Br)cc3)ccc3ccccc23)nc2sc3c(c12)CCCCCC3. The lowest BCUT2D eigenvalue weighted by molar-refractivity contribution is 0.307. The van der Waals surface area contributed by atoms with E-state index in [4.69, 9.17) is 9.72 Å². The molecule has 35 heavy (non-hydrogen) atoms. The van der Waals surface area contributed by atoms with Crippen LogP contribution in [0, 0.1) is 0 Å². The fourth-order valence-corrected chi connectivity index (χ4v) is 6.52. The number of rotatable bonds is 4. The Bertz CT molecular complexity index is 1590. The Kier molecular flexibility index (Phi) is 6.17. The van der Waals surface area contributed by atoms with Crippen LogP contribution in [0.4, 0.5) is 0 Å². The third-order valence-corrected chi connectivity index (χ3v) is 8.47. The number of H-pyrrole nitrogens is 1. The molecule has 3 aromatic carbocycles. The standard InChI is InChI=1S/C29H25BrN2O2S/c30-20-14-11-18(12-15-20)17-34-23-16-13-19-7-5-6-8-21(19)25(23)27-31-28(33)26-22-9-3-1-2-4-10-24(22)35-29(26)32-27/h5-8,11-16H,1-4,9-10,17H2,(H,31,32,33). The lowest BCUT2D eigenvalue weighted by Gasteiger charge is -2.14. The van der Waals surface area contributed by atoms with Crippen molar-refractivity contribution in [2.75, 3.05) is 0 Å². The minimum Gasteiger partial charge on any atom is -0.488 e. The zero-order valence-corrected chi connectivity index (χ0v) is 21.7. The zero-order valence-electron chi connectivity index (χ0n) is 19.3. The first-order chi connectivity index (χ1) is 17.2. The highest BCUT2D eigenvalue weighted by Gasteiger charge is 2.21. The first-order valence-corrected chi connectivity index (χ1v) is 13.7. The summed E-state index contributed by atoms with van der Waals surface area (Å²) in [6, 6.07) is 20.3. The van der Waals surface area contributed by atoms with Crippen molar-refractivity contribution in [2.24, 2.45) is 0 Å². The largest absolute Gasteiger partial charge is 0.488 e. The van der Waals surface area contributed by atoms with E-state index < -0.39 is 0 Å². The third-order valence-electron chi connectivity index (χ3n) is 6.76. The van der Waals surface area contributed by atoms with Gasteiger partial charge in [-0.05, 0) is 65.8 Å². The van der Waals surface area contributed by atoms with Gasteiger partial charge in [-0.1, -0.05) is 71.2 Å². The molecule has 0 radical (unpaired) electrons. The molecule has 0 atom stereocenters. The number of fused-ring (bicyclic) bond motifs is 4. The van der Waals surface area contributed by atoms with Crippen LogP contribution in [0.25, 0.3) is 32.4 Å². The summed E-state index contributed by atoms with van der Waals surface area (Å²) in [6.07, 6.45) is 6.82. The number of ether oxygens (including phenoxy) is 1. The van der Waals surface area contributed by atoms with Crippen molar-refractivity contribution in [3.8, 4) is 17.1 Å². The Labute approximate surface area is 216 Å². The highest BCUT2D eigenvalue weighted by atomic mass is 79.9. The first kappa shape index (κ1) is 22.5. The maximum atomic E-state index is 13.4. The topological polar surface area (TPSA) is 55.0 Å². The summed E-state index contributed by atoms with van der Waals surface area (Å²) >= 11 is 5.18. The lowest BCUT2D eigenvalue weighted by Crippen LogP contribution is -2.11. The Morgan fingerprint density at radius 1 is 0.943 bits per heavy atom. The van der Waals surface area contributed by atoms with Gasteiger partial charge in [-0.3, -0.25) is 4.79 Å². The van der Waals surface area contributed by atoms with E-state index in [1.807, 2.05) is 42.5 Å². The minimum atomic E-state index is -0.0464. The van der Waals surface area contributed by atoms with E-state index in [2.05, 4.69) is 39.1 Å². The van der Waals surface area contributed by atoms with E-state index >= 15 is 0 Å². The van der Waals surface area contributed by atoms with Crippen LogP contribution in [-0.4, -0.2) is 9.97 Å². The van der Waals surface area contributed by atoms with Crippen molar-refractivity contribution in [2.45, 2.75) is 45.1 Å². The average molecular weight is 546 g/mol. The fourth-order valence-electron chi connectivity index (χ4n) is 4.99. The molecule has 0 unspecified atom stereocenters. The smallest absolute Gasteiger partial charge is 0.260 e. The van der Waals surface area contributed by atoms with Crippen LogP contribution in [0.2, 0.25) is 0 Å². The highest BCUT2D eigenvalue weighted by Crippen LogP contribution is 2.38. The van der Waals surface area contributed by atoms with Gasteiger partial charge in [0, 0.05) is 9.35 Å². The van der Waals surface area contributed by atoms with Crippen molar-refractivity contribution in [3.63, 3.8) is 0 Å². The molecule has 0 saturated carbocycles. The number of aromatic nitrogens is 2. The Hall–Kier alpha value is -2.96. The van der Waals surface area contributed by atoms with Crippen molar-refractivity contribution >= 4 is 48.3 Å². The maximum Gasteiger partial charge on any atom is 0.260 e. The Morgan fingerprint density at radius 3 is 2.60 bits per heavy atom.